The molecule has 0 unspecified atom stereocenters. The van der Waals surface area contributed by atoms with Gasteiger partial charge in [-0.25, -0.2) is 17.4 Å². The average molecular weight is 381 g/mol. The number of fused-ring (bicyclic) bond motifs is 1. The molecule has 0 aliphatic carbocycles. The first-order chi connectivity index (χ1) is 10.3. The predicted molar refractivity (Wildman–Crippen MR) is 87.6 cm³/mol. The molecule has 1 aromatic heterocycles. The Bertz CT molecular complexity index is 976. The molecule has 0 fully saturated rings. The van der Waals surface area contributed by atoms with Crippen molar-refractivity contribution in [2.24, 2.45) is 0 Å². The van der Waals surface area contributed by atoms with Crippen LogP contribution in [0.15, 0.2) is 45.8 Å². The summed E-state index contributed by atoms with van der Waals surface area (Å²) in [7, 11) is -3.78. The third-order valence-electron chi connectivity index (χ3n) is 3.38. The Balaban J connectivity index is 2.34. The molecule has 0 saturated heterocycles. The topological polar surface area (TPSA) is 72.2 Å². The number of benzene rings is 2. The summed E-state index contributed by atoms with van der Waals surface area (Å²) in [5.41, 5.74) is 1.58. The zero-order valence-corrected chi connectivity index (χ0v) is 14.3. The number of aryl methyl sites for hydroxylation is 2. The van der Waals surface area contributed by atoms with Gasteiger partial charge in [-0.15, -0.1) is 0 Å². The molecular weight excluding hydrogens is 368 g/mol. The van der Waals surface area contributed by atoms with Crippen molar-refractivity contribution in [2.75, 3.05) is 0 Å². The molecule has 0 radical (unpaired) electrons. The summed E-state index contributed by atoms with van der Waals surface area (Å²) in [4.78, 5) is 4.36. The molecule has 0 aliphatic rings. The van der Waals surface area contributed by atoms with Gasteiger partial charge in [-0.1, -0.05) is 33.6 Å². The maximum atomic E-state index is 12.9. The van der Waals surface area contributed by atoms with Gasteiger partial charge in [0.1, 0.15) is 17.1 Å². The van der Waals surface area contributed by atoms with Gasteiger partial charge in [0.05, 0.1) is 10.4 Å². The highest BCUT2D eigenvalue weighted by Gasteiger charge is 2.23. The molecule has 0 spiro atoms. The van der Waals surface area contributed by atoms with Crippen molar-refractivity contribution in [3.8, 4) is 5.75 Å². The fraction of sp³-hybridized carbons (Fsp3) is 0.133. The lowest BCUT2D eigenvalue weighted by molar-refractivity contribution is 0.480. The highest BCUT2D eigenvalue weighted by atomic mass is 79.9. The summed E-state index contributed by atoms with van der Waals surface area (Å²) in [5, 5.41) is 9.96. The second kappa shape index (κ2) is 5.10. The molecule has 114 valence electrons. The summed E-state index contributed by atoms with van der Waals surface area (Å²) < 4.78 is 27.5. The lowest BCUT2D eigenvalue weighted by atomic mass is 10.2. The molecule has 2 aromatic carbocycles. The smallest absolute Gasteiger partial charge is 0.269 e. The van der Waals surface area contributed by atoms with Crippen molar-refractivity contribution >= 4 is 37.0 Å². The van der Waals surface area contributed by atoms with Crippen LogP contribution in [0.25, 0.3) is 11.0 Å². The number of rotatable bonds is 2. The second-order valence-electron chi connectivity index (χ2n) is 5.03. The van der Waals surface area contributed by atoms with Gasteiger partial charge in [-0.3, -0.25) is 0 Å². The number of nitrogens with zero attached hydrogens (tertiary/aromatic N) is 2. The number of imidazole rings is 1. The van der Waals surface area contributed by atoms with E-state index in [1.54, 1.807) is 37.3 Å². The Morgan fingerprint density at radius 1 is 1.14 bits per heavy atom. The normalized spacial score (nSPS) is 12.0. The van der Waals surface area contributed by atoms with Crippen molar-refractivity contribution in [3.05, 3.63) is 52.3 Å². The maximum Gasteiger partial charge on any atom is 0.269 e. The Hall–Kier alpha value is -1.86. The van der Waals surface area contributed by atoms with E-state index in [9.17, 15) is 13.5 Å². The van der Waals surface area contributed by atoms with Gasteiger partial charge in [0, 0.05) is 4.47 Å². The van der Waals surface area contributed by atoms with E-state index in [1.165, 1.54) is 6.07 Å². The number of aromatic nitrogens is 2. The van der Waals surface area contributed by atoms with E-state index in [0.717, 1.165) is 9.54 Å². The van der Waals surface area contributed by atoms with Crippen molar-refractivity contribution in [1.29, 1.82) is 0 Å². The van der Waals surface area contributed by atoms with Crippen LogP contribution < -0.4 is 0 Å². The number of phenolic OH excluding ortho intramolecular Hbond substituents is 1. The third kappa shape index (κ3) is 2.30. The quantitative estimate of drug-likeness (QED) is 0.739. The molecule has 3 rings (SSSR count). The van der Waals surface area contributed by atoms with Gasteiger partial charge >= 0.3 is 0 Å². The summed E-state index contributed by atoms with van der Waals surface area (Å²) in [5.74, 6) is 0.231. The highest BCUT2D eigenvalue weighted by Crippen LogP contribution is 2.31. The van der Waals surface area contributed by atoms with E-state index >= 15 is 0 Å². The molecule has 7 heteroatoms. The lowest BCUT2D eigenvalue weighted by Gasteiger charge is -2.09. The zero-order chi connectivity index (χ0) is 16.1. The molecule has 0 aliphatic heterocycles. The predicted octanol–water partition coefficient (Wildman–Crippen LogP) is 3.36. The van der Waals surface area contributed by atoms with Crippen molar-refractivity contribution < 1.29 is 13.5 Å². The fourth-order valence-corrected chi connectivity index (χ4v) is 4.25. The van der Waals surface area contributed by atoms with E-state index in [1.807, 2.05) is 6.92 Å². The first-order valence-corrected chi connectivity index (χ1v) is 8.74. The largest absolute Gasteiger partial charge is 0.506 e. The monoisotopic (exact) mass is 380 g/mol. The molecule has 0 amide bonds. The summed E-state index contributed by atoms with van der Waals surface area (Å²) in [6.07, 6.45) is 0. The van der Waals surface area contributed by atoms with Crippen LogP contribution in [0.1, 0.15) is 11.4 Å². The maximum absolute atomic E-state index is 12.9. The Morgan fingerprint density at radius 2 is 1.77 bits per heavy atom. The van der Waals surface area contributed by atoms with Gasteiger partial charge in [-0.2, -0.15) is 0 Å². The SMILES string of the molecule is Cc1ccc(S(=O)(=O)n2c(C)nc3c(O)cc(Br)cc32)cc1. The van der Waals surface area contributed by atoms with Crippen LogP contribution in [0.2, 0.25) is 0 Å². The molecule has 22 heavy (non-hydrogen) atoms. The van der Waals surface area contributed by atoms with Crippen LogP contribution in [-0.4, -0.2) is 22.5 Å². The number of aromatic hydroxyl groups is 1. The molecule has 0 bridgehead atoms. The zero-order valence-electron chi connectivity index (χ0n) is 11.9. The molecule has 0 atom stereocenters. The number of hydrogen-bond acceptors (Lipinski definition) is 4. The van der Waals surface area contributed by atoms with Crippen molar-refractivity contribution in [2.45, 2.75) is 18.7 Å². The molecular formula is C15H13BrN2O3S. The molecule has 5 nitrogen and oxygen atoms in total. The molecule has 1 heterocycles. The Morgan fingerprint density at radius 3 is 2.41 bits per heavy atom. The van der Waals surface area contributed by atoms with Gasteiger partial charge < -0.3 is 5.11 Å². The lowest BCUT2D eigenvalue weighted by Crippen LogP contribution is -2.14. The minimum atomic E-state index is -3.78. The number of phenols is 1. The van der Waals surface area contributed by atoms with Crippen molar-refractivity contribution in [1.82, 2.24) is 8.96 Å². The highest BCUT2D eigenvalue weighted by molar-refractivity contribution is 9.10. The van der Waals surface area contributed by atoms with Gasteiger partial charge in [-0.05, 0) is 38.1 Å². The minimum Gasteiger partial charge on any atom is -0.506 e. The number of halogens is 1. The van der Waals surface area contributed by atoms with Crippen LogP contribution in [0.4, 0.5) is 0 Å². The van der Waals surface area contributed by atoms with Gasteiger partial charge in [0.2, 0.25) is 0 Å². The fourth-order valence-electron chi connectivity index (χ4n) is 2.34. The first kappa shape index (κ1) is 15.1. The van der Waals surface area contributed by atoms with Crippen LogP contribution in [0.5, 0.6) is 5.75 Å². The van der Waals surface area contributed by atoms with E-state index in [-0.39, 0.29) is 16.2 Å². The van der Waals surface area contributed by atoms with Crippen LogP contribution in [0, 0.1) is 13.8 Å². The Kier molecular flexibility index (Phi) is 3.49. The van der Waals surface area contributed by atoms with E-state index in [4.69, 9.17) is 0 Å². The molecule has 0 saturated carbocycles. The average Bonchev–Trinajstić information content (AvgIpc) is 2.76. The molecule has 1 N–H and O–H groups in total. The first-order valence-electron chi connectivity index (χ1n) is 6.50. The second-order valence-corrected chi connectivity index (χ2v) is 7.74. The third-order valence-corrected chi connectivity index (χ3v) is 5.65. The van der Waals surface area contributed by atoms with Gasteiger partial charge in [0.15, 0.2) is 0 Å². The van der Waals surface area contributed by atoms with Gasteiger partial charge in [0.25, 0.3) is 10.0 Å². The van der Waals surface area contributed by atoms with Crippen molar-refractivity contribution in [3.63, 3.8) is 0 Å². The summed E-state index contributed by atoms with van der Waals surface area (Å²) in [6, 6.07) is 9.73. The standard InChI is InChI=1S/C15H13BrN2O3S/c1-9-3-5-12(6-4-9)22(20,21)18-10(2)17-15-13(18)7-11(16)8-14(15)19/h3-8,19H,1-2H3. The minimum absolute atomic E-state index is 0.0645. The summed E-state index contributed by atoms with van der Waals surface area (Å²) in [6.45, 7) is 3.49. The van der Waals surface area contributed by atoms with E-state index < -0.39 is 10.0 Å². The van der Waals surface area contributed by atoms with E-state index in [0.29, 0.717) is 15.8 Å². The van der Waals surface area contributed by atoms with Crippen LogP contribution in [0.3, 0.4) is 0 Å². The number of hydrogen-bond donors (Lipinski definition) is 1. The summed E-state index contributed by atoms with van der Waals surface area (Å²) >= 11 is 3.26. The Labute approximate surface area is 136 Å². The van der Waals surface area contributed by atoms with Crippen LogP contribution >= 0.6 is 15.9 Å². The van der Waals surface area contributed by atoms with E-state index in [2.05, 4.69) is 20.9 Å². The van der Waals surface area contributed by atoms with Crippen LogP contribution in [-0.2, 0) is 10.0 Å². The molecule has 3 aromatic rings.